The molecule has 5 rings (SSSR count). The second kappa shape index (κ2) is 11.4. The summed E-state index contributed by atoms with van der Waals surface area (Å²) in [6.07, 6.45) is 1.88. The monoisotopic (exact) mass is 549 g/mol. The number of halogens is 1. The Morgan fingerprint density at radius 1 is 1.15 bits per heavy atom. The molecule has 4 aromatic rings. The van der Waals surface area contributed by atoms with E-state index in [1.165, 1.54) is 11.3 Å². The van der Waals surface area contributed by atoms with Crippen LogP contribution in [0.15, 0.2) is 24.4 Å². The summed E-state index contributed by atoms with van der Waals surface area (Å²) in [6, 6.07) is 6.37. The number of benzene rings is 1. The molecule has 0 saturated heterocycles. The molecular formula is C29H36FN7OS. The zero-order valence-corrected chi connectivity index (χ0v) is 24.1. The zero-order valence-electron chi connectivity index (χ0n) is 23.3. The maximum atomic E-state index is 13.1. The number of rotatable bonds is 8. The summed E-state index contributed by atoms with van der Waals surface area (Å²) in [7, 11) is 0. The number of hydrogen-bond acceptors (Lipinski definition) is 9. The number of nitrogens with two attached hydrogens (primary N) is 1. The molecule has 0 aliphatic carbocycles. The largest absolute Gasteiger partial charge is 0.491 e. The average Bonchev–Trinajstić information content (AvgIpc) is 3.13. The van der Waals surface area contributed by atoms with Crippen molar-refractivity contribution in [3.8, 4) is 16.9 Å². The first-order valence-corrected chi connectivity index (χ1v) is 14.3. The van der Waals surface area contributed by atoms with Crippen LogP contribution in [0.25, 0.3) is 21.5 Å². The third kappa shape index (κ3) is 5.67. The van der Waals surface area contributed by atoms with Crippen molar-refractivity contribution >= 4 is 32.6 Å². The molecule has 4 heterocycles. The van der Waals surface area contributed by atoms with E-state index in [4.69, 9.17) is 20.4 Å². The lowest BCUT2D eigenvalue weighted by Gasteiger charge is -2.27. The first kappa shape index (κ1) is 27.2. The summed E-state index contributed by atoms with van der Waals surface area (Å²) in [4.78, 5) is 24.1. The van der Waals surface area contributed by atoms with Gasteiger partial charge in [-0.15, -0.1) is 0 Å². The Morgan fingerprint density at radius 3 is 2.72 bits per heavy atom. The van der Waals surface area contributed by atoms with E-state index in [9.17, 15) is 4.39 Å². The van der Waals surface area contributed by atoms with Crippen LogP contribution >= 0.6 is 11.3 Å². The van der Waals surface area contributed by atoms with Crippen LogP contribution in [0.2, 0.25) is 0 Å². The third-order valence-corrected chi connectivity index (χ3v) is 7.98. The topological polar surface area (TPSA) is 93.3 Å². The second-order valence-corrected chi connectivity index (χ2v) is 11.3. The van der Waals surface area contributed by atoms with Crippen molar-refractivity contribution in [1.29, 1.82) is 0 Å². The number of aryl methyl sites for hydroxylation is 2. The highest BCUT2D eigenvalue weighted by Gasteiger charge is 2.25. The van der Waals surface area contributed by atoms with Gasteiger partial charge in [0.15, 0.2) is 5.13 Å². The zero-order chi connectivity index (χ0) is 27.7. The number of fused-ring (bicyclic) bond motifs is 2. The number of alkyl halides is 1. The van der Waals surface area contributed by atoms with Crippen LogP contribution in [0, 0.1) is 13.8 Å². The summed E-state index contributed by atoms with van der Waals surface area (Å²) >= 11 is 1.39. The number of anilines is 2. The summed E-state index contributed by atoms with van der Waals surface area (Å²) in [5, 5.41) is 0.518. The molecular weight excluding hydrogens is 513 g/mol. The van der Waals surface area contributed by atoms with E-state index in [1.807, 2.05) is 31.0 Å². The van der Waals surface area contributed by atoms with E-state index in [-0.39, 0.29) is 12.6 Å². The van der Waals surface area contributed by atoms with Crippen LogP contribution in [0.5, 0.6) is 5.75 Å². The fourth-order valence-corrected chi connectivity index (χ4v) is 5.99. The molecule has 1 aromatic carbocycles. The van der Waals surface area contributed by atoms with Crippen molar-refractivity contribution in [2.24, 2.45) is 0 Å². The van der Waals surface area contributed by atoms with Crippen molar-refractivity contribution in [3.05, 3.63) is 52.6 Å². The predicted octanol–water partition coefficient (Wildman–Crippen LogP) is 5.66. The van der Waals surface area contributed by atoms with E-state index in [0.717, 1.165) is 67.8 Å². The van der Waals surface area contributed by atoms with Crippen molar-refractivity contribution in [2.75, 3.05) is 43.5 Å². The van der Waals surface area contributed by atoms with Gasteiger partial charge in [-0.05, 0) is 55.6 Å². The Morgan fingerprint density at radius 2 is 1.97 bits per heavy atom. The normalized spacial score (nSPS) is 13.7. The van der Waals surface area contributed by atoms with Gasteiger partial charge in [-0.2, -0.15) is 0 Å². The van der Waals surface area contributed by atoms with E-state index in [2.05, 4.69) is 47.8 Å². The Kier molecular flexibility index (Phi) is 7.95. The molecule has 2 N–H and O–H groups in total. The van der Waals surface area contributed by atoms with E-state index in [1.54, 1.807) is 0 Å². The molecule has 10 heteroatoms. The molecule has 0 spiro atoms. The molecule has 0 bridgehead atoms. The maximum Gasteiger partial charge on any atom is 0.182 e. The first-order chi connectivity index (χ1) is 18.8. The lowest BCUT2D eigenvalue weighted by Crippen LogP contribution is -2.30. The molecule has 0 atom stereocenters. The van der Waals surface area contributed by atoms with Gasteiger partial charge in [0, 0.05) is 41.7 Å². The highest BCUT2D eigenvalue weighted by Crippen LogP contribution is 2.37. The SMILES string of the molecule is CCN(CCF)Cc1nc(C)c(C(C)C)c(N2CCOc3c(C)cc(-c4cnc5sc(N)nc5c4)cc3C2)n1. The summed E-state index contributed by atoms with van der Waals surface area (Å²) in [6.45, 7) is 13.7. The number of nitrogens with zero attached hydrogens (tertiary/aromatic N) is 6. The van der Waals surface area contributed by atoms with E-state index >= 15 is 0 Å². The second-order valence-electron chi connectivity index (χ2n) is 10.3. The van der Waals surface area contributed by atoms with Gasteiger partial charge in [0.2, 0.25) is 0 Å². The van der Waals surface area contributed by atoms with Gasteiger partial charge in [0.05, 0.1) is 13.1 Å². The van der Waals surface area contributed by atoms with E-state index < -0.39 is 0 Å². The molecule has 0 saturated carbocycles. The third-order valence-electron chi connectivity index (χ3n) is 7.17. The lowest BCUT2D eigenvalue weighted by molar-refractivity contribution is 0.246. The van der Waals surface area contributed by atoms with Gasteiger partial charge < -0.3 is 15.4 Å². The quantitative estimate of drug-likeness (QED) is 0.301. The molecule has 39 heavy (non-hydrogen) atoms. The first-order valence-electron chi connectivity index (χ1n) is 13.5. The number of nitrogen functional groups attached to an aromatic ring is 1. The van der Waals surface area contributed by atoms with Crippen LogP contribution < -0.4 is 15.4 Å². The maximum absolute atomic E-state index is 13.1. The molecule has 0 radical (unpaired) electrons. The van der Waals surface area contributed by atoms with Gasteiger partial charge >= 0.3 is 0 Å². The highest BCUT2D eigenvalue weighted by atomic mass is 32.1. The number of hydrogen-bond donors (Lipinski definition) is 1. The van der Waals surface area contributed by atoms with Crippen molar-refractivity contribution in [1.82, 2.24) is 24.8 Å². The smallest absolute Gasteiger partial charge is 0.182 e. The molecule has 0 fully saturated rings. The minimum absolute atomic E-state index is 0.252. The Labute approximate surface area is 233 Å². The van der Waals surface area contributed by atoms with Gasteiger partial charge in [-0.1, -0.05) is 32.1 Å². The number of thiazole rings is 1. The summed E-state index contributed by atoms with van der Waals surface area (Å²) in [5.74, 6) is 2.83. The number of aromatic nitrogens is 4. The van der Waals surface area contributed by atoms with Gasteiger partial charge in [-0.25, -0.2) is 24.3 Å². The van der Waals surface area contributed by atoms with Crippen molar-refractivity contribution in [2.45, 2.75) is 53.6 Å². The number of ether oxygens (including phenoxy) is 1. The molecule has 0 unspecified atom stereocenters. The highest BCUT2D eigenvalue weighted by molar-refractivity contribution is 7.21. The predicted molar refractivity (Wildman–Crippen MR) is 156 cm³/mol. The van der Waals surface area contributed by atoms with Gasteiger partial charge in [-0.3, -0.25) is 4.90 Å². The molecule has 0 amide bonds. The minimum Gasteiger partial charge on any atom is -0.491 e. The Bertz CT molecular complexity index is 1490. The standard InChI is InChI=1S/C29H36FN7OS/c1-6-36(8-7-30)16-24-33-19(5)25(17(2)3)27(35-24)37-9-10-38-26-18(4)11-20(12-22(26)15-37)21-13-23-28(32-14-21)39-29(31)34-23/h11-14,17H,6-10,15-16H2,1-5H3,(H2,31,34). The van der Waals surface area contributed by atoms with Crippen molar-refractivity contribution in [3.63, 3.8) is 0 Å². The molecule has 8 nitrogen and oxygen atoms in total. The molecule has 1 aliphatic heterocycles. The Hall–Kier alpha value is -3.37. The minimum atomic E-state index is -0.385. The van der Waals surface area contributed by atoms with Crippen LogP contribution in [0.3, 0.4) is 0 Å². The Balaban J connectivity index is 1.53. The lowest BCUT2D eigenvalue weighted by atomic mass is 9.99. The molecule has 3 aromatic heterocycles. The van der Waals surface area contributed by atoms with Crippen LogP contribution in [0.1, 0.15) is 54.9 Å². The van der Waals surface area contributed by atoms with Gasteiger partial charge in [0.25, 0.3) is 0 Å². The average molecular weight is 550 g/mol. The fraction of sp³-hybridized carbons (Fsp3) is 0.448. The van der Waals surface area contributed by atoms with Crippen LogP contribution in [-0.4, -0.2) is 57.8 Å². The molecule has 206 valence electrons. The van der Waals surface area contributed by atoms with E-state index in [0.29, 0.717) is 37.9 Å². The van der Waals surface area contributed by atoms with Crippen LogP contribution in [0.4, 0.5) is 15.3 Å². The summed E-state index contributed by atoms with van der Waals surface area (Å²) in [5.41, 5.74) is 13.0. The van der Waals surface area contributed by atoms with Gasteiger partial charge in [0.1, 0.15) is 41.0 Å². The summed E-state index contributed by atoms with van der Waals surface area (Å²) < 4.78 is 19.4. The fourth-order valence-electron chi connectivity index (χ4n) is 5.34. The number of pyridine rings is 1. The van der Waals surface area contributed by atoms with Crippen molar-refractivity contribution < 1.29 is 9.13 Å². The van der Waals surface area contributed by atoms with Crippen LogP contribution in [-0.2, 0) is 13.1 Å². The molecule has 1 aliphatic rings.